The van der Waals surface area contributed by atoms with Crippen LogP contribution in [0.1, 0.15) is 23.2 Å². The molecule has 5 nitrogen and oxygen atoms in total. The third kappa shape index (κ3) is 4.03. The first-order valence-electron chi connectivity index (χ1n) is 5.11. The van der Waals surface area contributed by atoms with E-state index in [0.29, 0.717) is 24.5 Å². The predicted molar refractivity (Wildman–Crippen MR) is 63.9 cm³/mol. The third-order valence-electron chi connectivity index (χ3n) is 2.12. The van der Waals surface area contributed by atoms with Crippen LogP contribution in [0.25, 0.3) is 0 Å². The Kier molecular flexibility index (Phi) is 5.42. The molecule has 0 fully saturated rings. The number of non-ortho nitro benzene ring substituents is 1. The quantitative estimate of drug-likeness (QED) is 0.248. The average Bonchev–Trinajstić information content (AvgIpc) is 2.34. The van der Waals surface area contributed by atoms with Crippen LogP contribution in [0.4, 0.5) is 5.69 Å². The number of alkyl halides is 1. The van der Waals surface area contributed by atoms with Crippen molar-refractivity contribution in [2.45, 2.75) is 12.8 Å². The SMILES string of the molecule is O=Cc1cc([N+](=O)[O-])ccc1OCCCCCl. The molecule has 0 spiro atoms. The zero-order valence-electron chi connectivity index (χ0n) is 9.10. The lowest BCUT2D eigenvalue weighted by molar-refractivity contribution is -0.384. The lowest BCUT2D eigenvalue weighted by Gasteiger charge is -2.07. The first-order chi connectivity index (χ1) is 8.19. The molecule has 6 heteroatoms. The minimum atomic E-state index is -0.551. The summed E-state index contributed by atoms with van der Waals surface area (Å²) in [4.78, 5) is 20.7. The largest absolute Gasteiger partial charge is 0.493 e. The number of rotatable bonds is 7. The van der Waals surface area contributed by atoms with Gasteiger partial charge in [-0.15, -0.1) is 11.6 Å². The van der Waals surface area contributed by atoms with Crippen LogP contribution in [0.2, 0.25) is 0 Å². The predicted octanol–water partition coefficient (Wildman–Crippen LogP) is 2.81. The fraction of sp³-hybridized carbons (Fsp3) is 0.364. The van der Waals surface area contributed by atoms with E-state index in [2.05, 4.69) is 0 Å². The van der Waals surface area contributed by atoms with Gasteiger partial charge in [0.1, 0.15) is 5.75 Å². The Balaban J connectivity index is 2.71. The van der Waals surface area contributed by atoms with Gasteiger partial charge in [0.15, 0.2) is 6.29 Å². The number of nitrogens with zero attached hydrogens (tertiary/aromatic N) is 1. The first-order valence-corrected chi connectivity index (χ1v) is 5.65. The van der Waals surface area contributed by atoms with Crippen molar-refractivity contribution in [3.8, 4) is 5.75 Å². The van der Waals surface area contributed by atoms with Gasteiger partial charge < -0.3 is 4.74 Å². The summed E-state index contributed by atoms with van der Waals surface area (Å²) in [6, 6.07) is 3.94. The van der Waals surface area contributed by atoms with Gasteiger partial charge in [-0.25, -0.2) is 0 Å². The van der Waals surface area contributed by atoms with Crippen molar-refractivity contribution in [1.82, 2.24) is 0 Å². The molecule has 0 amide bonds. The normalized spacial score (nSPS) is 9.94. The Morgan fingerprint density at radius 3 is 2.76 bits per heavy atom. The molecule has 0 aliphatic rings. The lowest BCUT2D eigenvalue weighted by Crippen LogP contribution is -2.01. The molecule has 17 heavy (non-hydrogen) atoms. The summed E-state index contributed by atoms with van der Waals surface area (Å²) in [5.41, 5.74) is 0.0604. The number of hydrogen-bond donors (Lipinski definition) is 0. The van der Waals surface area contributed by atoms with E-state index >= 15 is 0 Å². The summed E-state index contributed by atoms with van der Waals surface area (Å²) in [6.45, 7) is 0.436. The molecule has 0 heterocycles. The topological polar surface area (TPSA) is 69.4 Å². The molecule has 92 valence electrons. The number of unbranched alkanes of at least 4 members (excludes halogenated alkanes) is 1. The summed E-state index contributed by atoms with van der Waals surface area (Å²) in [7, 11) is 0. The van der Waals surface area contributed by atoms with Crippen LogP contribution in [0.5, 0.6) is 5.75 Å². The highest BCUT2D eigenvalue weighted by Crippen LogP contribution is 2.22. The molecule has 0 aliphatic carbocycles. The van der Waals surface area contributed by atoms with E-state index in [-0.39, 0.29) is 11.3 Å². The number of aldehydes is 1. The maximum atomic E-state index is 10.8. The van der Waals surface area contributed by atoms with E-state index in [4.69, 9.17) is 16.3 Å². The number of ether oxygens (including phenoxy) is 1. The molecule has 0 bridgehead atoms. The van der Waals surface area contributed by atoms with Crippen molar-refractivity contribution >= 4 is 23.6 Å². The Morgan fingerprint density at radius 1 is 1.41 bits per heavy atom. The minimum Gasteiger partial charge on any atom is -0.493 e. The molecule has 0 aromatic heterocycles. The summed E-state index contributed by atoms with van der Waals surface area (Å²) in [5, 5.41) is 10.5. The highest BCUT2D eigenvalue weighted by atomic mass is 35.5. The summed E-state index contributed by atoms with van der Waals surface area (Å²) in [5.74, 6) is 0.921. The highest BCUT2D eigenvalue weighted by molar-refractivity contribution is 6.17. The number of nitro benzene ring substituents is 1. The number of carbonyl (C=O) groups excluding carboxylic acids is 1. The van der Waals surface area contributed by atoms with E-state index in [9.17, 15) is 14.9 Å². The van der Waals surface area contributed by atoms with Gasteiger partial charge in [0.25, 0.3) is 5.69 Å². The first kappa shape index (κ1) is 13.4. The van der Waals surface area contributed by atoms with Crippen LogP contribution in [0.15, 0.2) is 18.2 Å². The molecule has 0 N–H and O–H groups in total. The second-order valence-corrected chi connectivity index (χ2v) is 3.72. The van der Waals surface area contributed by atoms with Crippen molar-refractivity contribution in [3.63, 3.8) is 0 Å². The van der Waals surface area contributed by atoms with Crippen LogP contribution in [-0.2, 0) is 0 Å². The van der Waals surface area contributed by atoms with Crippen molar-refractivity contribution in [1.29, 1.82) is 0 Å². The van der Waals surface area contributed by atoms with E-state index in [1.54, 1.807) is 0 Å². The van der Waals surface area contributed by atoms with Gasteiger partial charge in [-0.2, -0.15) is 0 Å². The smallest absolute Gasteiger partial charge is 0.270 e. The zero-order valence-corrected chi connectivity index (χ0v) is 9.85. The van der Waals surface area contributed by atoms with Gasteiger partial charge in [0, 0.05) is 18.0 Å². The van der Waals surface area contributed by atoms with Crippen LogP contribution < -0.4 is 4.74 Å². The molecule has 1 aromatic carbocycles. The average molecular weight is 258 g/mol. The fourth-order valence-electron chi connectivity index (χ4n) is 1.25. The van der Waals surface area contributed by atoms with Crippen LogP contribution >= 0.6 is 11.6 Å². The second-order valence-electron chi connectivity index (χ2n) is 3.34. The number of hydrogen-bond acceptors (Lipinski definition) is 4. The number of nitro groups is 1. The van der Waals surface area contributed by atoms with Crippen molar-refractivity contribution in [2.24, 2.45) is 0 Å². The Labute approximate surface area is 103 Å². The molecule has 1 aromatic rings. The fourth-order valence-corrected chi connectivity index (χ4v) is 1.44. The van der Waals surface area contributed by atoms with Crippen molar-refractivity contribution in [2.75, 3.05) is 12.5 Å². The molecular formula is C11H12ClNO4. The molecule has 0 radical (unpaired) electrons. The lowest BCUT2D eigenvalue weighted by atomic mass is 10.2. The molecular weight excluding hydrogens is 246 g/mol. The Morgan fingerprint density at radius 2 is 2.18 bits per heavy atom. The van der Waals surface area contributed by atoms with E-state index in [0.717, 1.165) is 12.8 Å². The molecule has 0 atom stereocenters. The monoisotopic (exact) mass is 257 g/mol. The summed E-state index contributed by atoms with van der Waals surface area (Å²) in [6.07, 6.45) is 2.15. The second kappa shape index (κ2) is 6.85. The highest BCUT2D eigenvalue weighted by Gasteiger charge is 2.10. The van der Waals surface area contributed by atoms with Gasteiger partial charge in [-0.3, -0.25) is 14.9 Å². The van der Waals surface area contributed by atoms with Gasteiger partial charge in [0.2, 0.25) is 0 Å². The molecule has 1 rings (SSSR count). The van der Waals surface area contributed by atoms with E-state index in [1.165, 1.54) is 18.2 Å². The van der Waals surface area contributed by atoms with Gasteiger partial charge in [0.05, 0.1) is 17.1 Å². The maximum absolute atomic E-state index is 10.8. The minimum absolute atomic E-state index is 0.125. The molecule has 0 unspecified atom stereocenters. The molecule has 0 saturated carbocycles. The van der Waals surface area contributed by atoms with Crippen LogP contribution in [-0.4, -0.2) is 23.7 Å². The summed E-state index contributed by atoms with van der Waals surface area (Å²) >= 11 is 5.51. The van der Waals surface area contributed by atoms with E-state index < -0.39 is 4.92 Å². The van der Waals surface area contributed by atoms with Gasteiger partial charge in [-0.05, 0) is 18.9 Å². The zero-order chi connectivity index (χ0) is 12.7. The molecule has 0 aliphatic heterocycles. The van der Waals surface area contributed by atoms with Crippen molar-refractivity contribution < 1.29 is 14.5 Å². The van der Waals surface area contributed by atoms with Crippen molar-refractivity contribution in [3.05, 3.63) is 33.9 Å². The molecule has 0 saturated heterocycles. The Bertz CT molecular complexity index is 408. The Hall–Kier alpha value is -1.62. The standard InChI is InChI=1S/C11H12ClNO4/c12-5-1-2-6-17-11-4-3-10(13(15)16)7-9(11)8-14/h3-4,7-8H,1-2,5-6H2. The summed E-state index contributed by atoms with van der Waals surface area (Å²) < 4.78 is 5.35. The van der Waals surface area contributed by atoms with Gasteiger partial charge in [-0.1, -0.05) is 0 Å². The number of benzene rings is 1. The van der Waals surface area contributed by atoms with Crippen LogP contribution in [0.3, 0.4) is 0 Å². The van der Waals surface area contributed by atoms with Crippen LogP contribution in [0, 0.1) is 10.1 Å². The third-order valence-corrected chi connectivity index (χ3v) is 2.38. The number of carbonyl (C=O) groups is 1. The van der Waals surface area contributed by atoms with Gasteiger partial charge >= 0.3 is 0 Å². The maximum Gasteiger partial charge on any atom is 0.270 e. The van der Waals surface area contributed by atoms with E-state index in [1.807, 2.05) is 0 Å². The number of halogens is 1.